The Morgan fingerprint density at radius 3 is 2.88 bits per heavy atom. The van der Waals surface area contributed by atoms with Crippen LogP contribution in [0.25, 0.3) is 0 Å². The molecule has 2 heterocycles. The van der Waals surface area contributed by atoms with Crippen molar-refractivity contribution in [3.8, 4) is 0 Å². The molecule has 4 heteroatoms. The molecule has 1 aromatic rings. The topological polar surface area (TPSA) is 53.3 Å². The van der Waals surface area contributed by atoms with Crippen LogP contribution >= 0.6 is 0 Å². The summed E-state index contributed by atoms with van der Waals surface area (Å²) in [5, 5.41) is 0. The van der Waals surface area contributed by atoms with Crippen LogP contribution in [-0.2, 0) is 6.54 Å². The summed E-state index contributed by atoms with van der Waals surface area (Å²) in [4.78, 5) is 2.50. The second-order valence-corrected chi connectivity index (χ2v) is 5.09. The lowest BCUT2D eigenvalue weighted by molar-refractivity contribution is 0.149. The van der Waals surface area contributed by atoms with E-state index in [0.717, 1.165) is 19.6 Å². The summed E-state index contributed by atoms with van der Waals surface area (Å²) in [6, 6.07) is 11.2. The van der Waals surface area contributed by atoms with E-state index in [9.17, 15) is 0 Å². The van der Waals surface area contributed by atoms with Crippen molar-refractivity contribution in [1.29, 1.82) is 0 Å². The standard InChI is InChI=1S/C13H20N4/c14-13-11-9-17(7-6-12(11)15-16-13)8-10-4-2-1-3-5-10/h1-5,11-13,15-16H,6-9,14H2. The van der Waals surface area contributed by atoms with Crippen molar-refractivity contribution >= 4 is 0 Å². The zero-order valence-electron chi connectivity index (χ0n) is 9.97. The van der Waals surface area contributed by atoms with E-state index in [1.807, 2.05) is 0 Å². The Morgan fingerprint density at radius 2 is 2.06 bits per heavy atom. The maximum Gasteiger partial charge on any atom is 0.0735 e. The van der Waals surface area contributed by atoms with Crippen molar-refractivity contribution in [2.24, 2.45) is 11.7 Å². The Bertz CT molecular complexity index is 367. The van der Waals surface area contributed by atoms with Gasteiger partial charge in [-0.1, -0.05) is 30.3 Å². The molecule has 3 atom stereocenters. The third kappa shape index (κ3) is 2.35. The molecule has 1 aromatic carbocycles. The normalized spacial score (nSPS) is 33.6. The van der Waals surface area contributed by atoms with Gasteiger partial charge >= 0.3 is 0 Å². The molecule has 3 unspecified atom stereocenters. The van der Waals surface area contributed by atoms with Crippen molar-refractivity contribution in [3.63, 3.8) is 0 Å². The summed E-state index contributed by atoms with van der Waals surface area (Å²) < 4.78 is 0. The fraction of sp³-hybridized carbons (Fsp3) is 0.538. The van der Waals surface area contributed by atoms with Crippen LogP contribution in [0, 0.1) is 5.92 Å². The van der Waals surface area contributed by atoms with Gasteiger partial charge in [-0.3, -0.25) is 10.3 Å². The van der Waals surface area contributed by atoms with Gasteiger partial charge in [0.25, 0.3) is 0 Å². The molecule has 0 spiro atoms. The molecule has 3 rings (SSSR count). The molecule has 17 heavy (non-hydrogen) atoms. The first-order chi connectivity index (χ1) is 8.33. The number of rotatable bonds is 2. The molecule has 92 valence electrons. The average molecular weight is 232 g/mol. The monoisotopic (exact) mass is 232 g/mol. The highest BCUT2D eigenvalue weighted by Crippen LogP contribution is 2.23. The molecule has 0 amide bonds. The molecular weight excluding hydrogens is 212 g/mol. The van der Waals surface area contributed by atoms with Crippen LogP contribution in [0.5, 0.6) is 0 Å². The molecular formula is C13H20N4. The van der Waals surface area contributed by atoms with Gasteiger partial charge in [-0.25, -0.2) is 5.43 Å². The number of piperidine rings is 1. The average Bonchev–Trinajstić information content (AvgIpc) is 2.73. The maximum atomic E-state index is 6.04. The fourth-order valence-corrected chi connectivity index (χ4v) is 2.89. The smallest absolute Gasteiger partial charge is 0.0735 e. The molecule has 4 N–H and O–H groups in total. The van der Waals surface area contributed by atoms with Gasteiger partial charge in [-0.05, 0) is 12.0 Å². The van der Waals surface area contributed by atoms with E-state index in [4.69, 9.17) is 5.73 Å². The molecule has 4 nitrogen and oxygen atoms in total. The third-order valence-electron chi connectivity index (χ3n) is 3.89. The maximum absolute atomic E-state index is 6.04. The Morgan fingerprint density at radius 1 is 1.24 bits per heavy atom. The van der Waals surface area contributed by atoms with E-state index in [1.54, 1.807) is 0 Å². The molecule has 0 aromatic heterocycles. The van der Waals surface area contributed by atoms with Crippen LogP contribution in [0.4, 0.5) is 0 Å². The predicted octanol–water partition coefficient (Wildman–Crippen LogP) is 0.270. The number of benzene rings is 1. The third-order valence-corrected chi connectivity index (χ3v) is 3.89. The molecule has 0 saturated carbocycles. The number of hydrogen-bond donors (Lipinski definition) is 3. The Kier molecular flexibility index (Phi) is 3.11. The van der Waals surface area contributed by atoms with Crippen molar-refractivity contribution in [1.82, 2.24) is 15.8 Å². The lowest BCUT2D eigenvalue weighted by atomic mass is 9.92. The molecule has 2 saturated heterocycles. The largest absolute Gasteiger partial charge is 0.315 e. The number of fused-ring (bicyclic) bond motifs is 1. The summed E-state index contributed by atoms with van der Waals surface area (Å²) in [5.41, 5.74) is 13.9. The molecule has 2 aliphatic rings. The molecule has 2 fully saturated rings. The summed E-state index contributed by atoms with van der Waals surface area (Å²) in [6.07, 6.45) is 1.27. The zero-order chi connectivity index (χ0) is 11.7. The minimum Gasteiger partial charge on any atom is -0.315 e. The van der Waals surface area contributed by atoms with E-state index < -0.39 is 0 Å². The van der Waals surface area contributed by atoms with Gasteiger partial charge in [0.2, 0.25) is 0 Å². The van der Waals surface area contributed by atoms with E-state index in [2.05, 4.69) is 46.1 Å². The molecule has 0 aliphatic carbocycles. The Hall–Kier alpha value is -0.940. The second-order valence-electron chi connectivity index (χ2n) is 5.09. The minimum absolute atomic E-state index is 0.0959. The fourth-order valence-electron chi connectivity index (χ4n) is 2.89. The number of nitrogens with one attached hydrogen (secondary N) is 2. The number of nitrogens with zero attached hydrogens (tertiary/aromatic N) is 1. The first kappa shape index (κ1) is 11.2. The van der Waals surface area contributed by atoms with Crippen LogP contribution in [-0.4, -0.2) is 30.2 Å². The number of hydrogen-bond acceptors (Lipinski definition) is 4. The Labute approximate surface area is 102 Å². The molecule has 0 bridgehead atoms. The highest BCUT2D eigenvalue weighted by Gasteiger charge is 2.37. The van der Waals surface area contributed by atoms with Gasteiger partial charge in [-0.2, -0.15) is 0 Å². The zero-order valence-corrected chi connectivity index (χ0v) is 9.97. The van der Waals surface area contributed by atoms with Gasteiger partial charge in [0.15, 0.2) is 0 Å². The van der Waals surface area contributed by atoms with Crippen LogP contribution in [0.2, 0.25) is 0 Å². The summed E-state index contributed by atoms with van der Waals surface area (Å²) in [6.45, 7) is 3.27. The van der Waals surface area contributed by atoms with Crippen molar-refractivity contribution in [2.45, 2.75) is 25.2 Å². The van der Waals surface area contributed by atoms with E-state index >= 15 is 0 Å². The quantitative estimate of drug-likeness (QED) is 0.685. The van der Waals surface area contributed by atoms with Gasteiger partial charge in [-0.15, -0.1) is 0 Å². The number of likely N-dealkylation sites (tertiary alicyclic amines) is 1. The predicted molar refractivity (Wildman–Crippen MR) is 67.9 cm³/mol. The number of hydrazine groups is 1. The van der Waals surface area contributed by atoms with Gasteiger partial charge in [0.1, 0.15) is 0 Å². The summed E-state index contributed by atoms with van der Waals surface area (Å²) >= 11 is 0. The van der Waals surface area contributed by atoms with Crippen molar-refractivity contribution < 1.29 is 0 Å². The Balaban J connectivity index is 1.62. The van der Waals surface area contributed by atoms with Crippen molar-refractivity contribution in [2.75, 3.05) is 13.1 Å². The van der Waals surface area contributed by atoms with Crippen molar-refractivity contribution in [3.05, 3.63) is 35.9 Å². The van der Waals surface area contributed by atoms with Crippen LogP contribution in [0.1, 0.15) is 12.0 Å². The first-order valence-electron chi connectivity index (χ1n) is 6.36. The molecule has 0 radical (unpaired) electrons. The van der Waals surface area contributed by atoms with E-state index in [0.29, 0.717) is 12.0 Å². The summed E-state index contributed by atoms with van der Waals surface area (Å²) in [5.74, 6) is 0.535. The lowest BCUT2D eigenvalue weighted by Crippen LogP contribution is -2.47. The highest BCUT2D eigenvalue weighted by atomic mass is 15.5. The van der Waals surface area contributed by atoms with Gasteiger partial charge < -0.3 is 5.73 Å². The highest BCUT2D eigenvalue weighted by molar-refractivity contribution is 5.14. The second kappa shape index (κ2) is 4.74. The first-order valence-corrected chi connectivity index (χ1v) is 6.36. The summed E-state index contributed by atoms with van der Waals surface area (Å²) in [7, 11) is 0. The van der Waals surface area contributed by atoms with Crippen LogP contribution in [0.15, 0.2) is 30.3 Å². The lowest BCUT2D eigenvalue weighted by Gasteiger charge is -2.35. The van der Waals surface area contributed by atoms with Crippen LogP contribution < -0.4 is 16.6 Å². The van der Waals surface area contributed by atoms with E-state index in [-0.39, 0.29) is 6.17 Å². The van der Waals surface area contributed by atoms with Gasteiger partial charge in [0, 0.05) is 31.6 Å². The minimum atomic E-state index is 0.0959. The van der Waals surface area contributed by atoms with Crippen LogP contribution in [0.3, 0.4) is 0 Å². The molecule has 2 aliphatic heterocycles. The van der Waals surface area contributed by atoms with Gasteiger partial charge in [0.05, 0.1) is 6.17 Å². The number of nitrogens with two attached hydrogens (primary N) is 1. The van der Waals surface area contributed by atoms with E-state index in [1.165, 1.54) is 12.0 Å². The SMILES string of the molecule is NC1NNC2CCN(Cc3ccccc3)CC12.